The minimum absolute atomic E-state index is 0.331. The molecule has 0 atom stereocenters. The number of hydrogen-bond acceptors (Lipinski definition) is 4. The van der Waals surface area contributed by atoms with Crippen LogP contribution in [-0.2, 0) is 6.54 Å². The summed E-state index contributed by atoms with van der Waals surface area (Å²) in [6.45, 7) is 5.00. The molecular weight excluding hydrogens is 322 g/mol. The number of pyridine rings is 1. The van der Waals surface area contributed by atoms with Crippen LogP contribution < -0.4 is 5.32 Å². The molecule has 0 unspecified atom stereocenters. The molecule has 0 aliphatic rings. The van der Waals surface area contributed by atoms with Crippen LogP contribution in [0, 0.1) is 0 Å². The van der Waals surface area contributed by atoms with Crippen LogP contribution in [0.3, 0.4) is 0 Å². The van der Waals surface area contributed by atoms with E-state index >= 15 is 0 Å². The summed E-state index contributed by atoms with van der Waals surface area (Å²) in [6, 6.07) is 16.3. The van der Waals surface area contributed by atoms with Crippen molar-refractivity contribution in [1.82, 2.24) is 19.6 Å². The minimum atomic E-state index is 0.331. The first-order valence-electron chi connectivity index (χ1n) is 8.79. The van der Waals surface area contributed by atoms with Gasteiger partial charge in [-0.1, -0.05) is 50.2 Å². The van der Waals surface area contributed by atoms with Crippen LogP contribution in [0.5, 0.6) is 0 Å². The molecule has 0 saturated carbocycles. The van der Waals surface area contributed by atoms with Gasteiger partial charge in [-0.15, -0.1) is 0 Å². The summed E-state index contributed by atoms with van der Waals surface area (Å²) in [5, 5.41) is 8.07. The van der Waals surface area contributed by atoms with Crippen molar-refractivity contribution in [2.45, 2.75) is 26.3 Å². The zero-order chi connectivity index (χ0) is 17.9. The largest absolute Gasteiger partial charge is 0.366 e. The topological polar surface area (TPSA) is 55.1 Å². The highest BCUT2D eigenvalue weighted by molar-refractivity contribution is 5.78. The van der Waals surface area contributed by atoms with Gasteiger partial charge >= 0.3 is 0 Å². The highest BCUT2D eigenvalue weighted by atomic mass is 15.3. The minimum Gasteiger partial charge on any atom is -0.366 e. The normalized spacial score (nSPS) is 11.2. The number of nitrogens with one attached hydrogen (secondary N) is 1. The number of anilines is 1. The lowest BCUT2D eigenvalue weighted by atomic mass is 10.1. The molecule has 4 aromatic rings. The maximum absolute atomic E-state index is 4.87. The van der Waals surface area contributed by atoms with E-state index in [1.54, 1.807) is 6.20 Å². The lowest BCUT2D eigenvalue weighted by Gasteiger charge is -2.12. The van der Waals surface area contributed by atoms with E-state index in [2.05, 4.69) is 53.5 Å². The molecule has 0 spiro atoms. The third kappa shape index (κ3) is 3.16. The van der Waals surface area contributed by atoms with Crippen LogP contribution >= 0.6 is 0 Å². The number of fused-ring (bicyclic) bond motifs is 1. The second-order valence-electron chi connectivity index (χ2n) is 6.60. The molecule has 0 saturated heterocycles. The molecule has 1 aromatic carbocycles. The summed E-state index contributed by atoms with van der Waals surface area (Å²) >= 11 is 0. The molecule has 3 heterocycles. The molecule has 0 radical (unpaired) electrons. The van der Waals surface area contributed by atoms with E-state index in [1.165, 1.54) is 0 Å². The van der Waals surface area contributed by atoms with Gasteiger partial charge in [-0.05, 0) is 23.1 Å². The highest BCUT2D eigenvalue weighted by Gasteiger charge is 2.14. The number of benzene rings is 1. The zero-order valence-corrected chi connectivity index (χ0v) is 14.9. The molecule has 0 aliphatic carbocycles. The van der Waals surface area contributed by atoms with Crippen molar-refractivity contribution in [3.8, 4) is 11.1 Å². The molecule has 0 aliphatic heterocycles. The maximum Gasteiger partial charge on any atom is 0.165 e. The van der Waals surface area contributed by atoms with Gasteiger partial charge in [-0.25, -0.2) is 4.98 Å². The molecule has 4 rings (SSSR count). The van der Waals surface area contributed by atoms with E-state index in [-0.39, 0.29) is 0 Å². The van der Waals surface area contributed by atoms with Gasteiger partial charge < -0.3 is 5.32 Å². The van der Waals surface area contributed by atoms with Crippen LogP contribution in [-0.4, -0.2) is 19.6 Å². The summed E-state index contributed by atoms with van der Waals surface area (Å²) in [5.74, 6) is 1.27. The average Bonchev–Trinajstić information content (AvgIpc) is 3.11. The predicted octanol–water partition coefficient (Wildman–Crippen LogP) is 4.53. The Hall–Kier alpha value is -3.21. The second kappa shape index (κ2) is 6.96. The third-order valence-electron chi connectivity index (χ3n) is 4.36. The zero-order valence-electron chi connectivity index (χ0n) is 14.9. The van der Waals surface area contributed by atoms with Gasteiger partial charge in [0.1, 0.15) is 5.82 Å². The lowest BCUT2D eigenvalue weighted by molar-refractivity contribution is 0.808. The van der Waals surface area contributed by atoms with Gasteiger partial charge in [-0.2, -0.15) is 9.61 Å². The predicted molar refractivity (Wildman–Crippen MR) is 104 cm³/mol. The maximum atomic E-state index is 4.87. The van der Waals surface area contributed by atoms with E-state index in [0.29, 0.717) is 12.5 Å². The van der Waals surface area contributed by atoms with Gasteiger partial charge in [0, 0.05) is 36.3 Å². The molecule has 0 amide bonds. The van der Waals surface area contributed by atoms with E-state index in [9.17, 15) is 0 Å². The van der Waals surface area contributed by atoms with Crippen LogP contribution in [0.1, 0.15) is 31.0 Å². The van der Waals surface area contributed by atoms with E-state index in [4.69, 9.17) is 4.98 Å². The van der Waals surface area contributed by atoms with Gasteiger partial charge in [0.2, 0.25) is 0 Å². The Balaban J connectivity index is 1.78. The number of rotatable bonds is 5. The van der Waals surface area contributed by atoms with Crippen molar-refractivity contribution in [3.63, 3.8) is 0 Å². The molecule has 0 fully saturated rings. The van der Waals surface area contributed by atoms with Gasteiger partial charge in [0.05, 0.1) is 6.20 Å². The first kappa shape index (κ1) is 16.3. The van der Waals surface area contributed by atoms with Crippen molar-refractivity contribution >= 4 is 11.5 Å². The average molecular weight is 343 g/mol. The number of aromatic nitrogens is 4. The first-order valence-corrected chi connectivity index (χ1v) is 8.79. The monoisotopic (exact) mass is 343 g/mol. The van der Waals surface area contributed by atoms with Crippen LogP contribution in [0.4, 0.5) is 5.82 Å². The lowest BCUT2D eigenvalue weighted by Crippen LogP contribution is -2.08. The number of nitrogens with zero attached hydrogens (tertiary/aromatic N) is 4. The van der Waals surface area contributed by atoms with Crippen molar-refractivity contribution in [1.29, 1.82) is 0 Å². The fraction of sp³-hybridized carbons (Fsp3) is 0.190. The Morgan fingerprint density at radius 1 is 1.04 bits per heavy atom. The Kier molecular flexibility index (Phi) is 4.35. The summed E-state index contributed by atoms with van der Waals surface area (Å²) < 4.78 is 1.88. The Morgan fingerprint density at radius 2 is 1.88 bits per heavy atom. The molecule has 26 heavy (non-hydrogen) atoms. The first-order chi connectivity index (χ1) is 12.7. The Labute approximate surface area is 152 Å². The molecular formula is C21H21N5. The number of hydrogen-bond donors (Lipinski definition) is 1. The standard InChI is InChI=1S/C21H21N5/c1-15(2)19-11-20(23-13-16-7-6-10-22-12-16)26-21(25-19)18(14-24-26)17-8-4-3-5-9-17/h3-12,14-15,23H,13H2,1-2H3. The molecule has 0 bridgehead atoms. The molecule has 5 nitrogen and oxygen atoms in total. The van der Waals surface area contributed by atoms with Crippen molar-refractivity contribution < 1.29 is 0 Å². The van der Waals surface area contributed by atoms with E-state index in [1.807, 2.05) is 41.2 Å². The Bertz CT molecular complexity index is 1010. The van der Waals surface area contributed by atoms with Crippen molar-refractivity contribution in [3.05, 3.63) is 78.4 Å². The molecule has 130 valence electrons. The van der Waals surface area contributed by atoms with E-state index in [0.717, 1.165) is 33.8 Å². The van der Waals surface area contributed by atoms with Gasteiger partial charge in [-0.3, -0.25) is 4.98 Å². The summed E-state index contributed by atoms with van der Waals surface area (Å²) in [6.07, 6.45) is 5.54. The van der Waals surface area contributed by atoms with Crippen molar-refractivity contribution in [2.75, 3.05) is 5.32 Å². The molecule has 5 heteroatoms. The molecule has 3 aromatic heterocycles. The highest BCUT2D eigenvalue weighted by Crippen LogP contribution is 2.27. The van der Waals surface area contributed by atoms with Crippen LogP contribution in [0.25, 0.3) is 16.8 Å². The van der Waals surface area contributed by atoms with Gasteiger partial charge in [0.25, 0.3) is 0 Å². The molecule has 1 N–H and O–H groups in total. The fourth-order valence-corrected chi connectivity index (χ4v) is 2.92. The fourth-order valence-electron chi connectivity index (χ4n) is 2.92. The summed E-state index contributed by atoms with van der Waals surface area (Å²) in [4.78, 5) is 9.05. The second-order valence-corrected chi connectivity index (χ2v) is 6.60. The SMILES string of the molecule is CC(C)c1cc(NCc2cccnc2)n2ncc(-c3ccccc3)c2n1. The van der Waals surface area contributed by atoms with Crippen LogP contribution in [0.15, 0.2) is 67.1 Å². The third-order valence-corrected chi connectivity index (χ3v) is 4.36. The smallest absolute Gasteiger partial charge is 0.165 e. The van der Waals surface area contributed by atoms with Gasteiger partial charge in [0.15, 0.2) is 5.65 Å². The quantitative estimate of drug-likeness (QED) is 0.578. The summed E-state index contributed by atoms with van der Waals surface area (Å²) in [5.41, 5.74) is 5.20. The van der Waals surface area contributed by atoms with Crippen molar-refractivity contribution in [2.24, 2.45) is 0 Å². The van der Waals surface area contributed by atoms with Crippen LogP contribution in [0.2, 0.25) is 0 Å². The Morgan fingerprint density at radius 3 is 2.62 bits per heavy atom. The van der Waals surface area contributed by atoms with E-state index < -0.39 is 0 Å². The summed E-state index contributed by atoms with van der Waals surface area (Å²) in [7, 11) is 0.